The number of carbonyl (C=O) groups is 1. The first kappa shape index (κ1) is 24.7. The maximum atomic E-state index is 14.0. The first-order valence-corrected chi connectivity index (χ1v) is 12.8. The zero-order chi connectivity index (χ0) is 24.9. The minimum Gasteiger partial charge on any atom is -0.496 e. The van der Waals surface area contributed by atoms with E-state index in [4.69, 9.17) is 4.74 Å². The summed E-state index contributed by atoms with van der Waals surface area (Å²) in [5.74, 6) is -0.404. The molecule has 1 saturated heterocycles. The van der Waals surface area contributed by atoms with Gasteiger partial charge in [-0.15, -0.1) is 0 Å². The smallest absolute Gasteiger partial charge is 0.301 e. The lowest BCUT2D eigenvalue weighted by Gasteiger charge is -2.41. The molecule has 1 aliphatic rings. The topological polar surface area (TPSA) is 87.7 Å². The van der Waals surface area contributed by atoms with Gasteiger partial charge in [0.2, 0.25) is 0 Å². The Morgan fingerprint density at radius 2 is 1.60 bits per heavy atom. The summed E-state index contributed by atoms with van der Waals surface area (Å²) in [5.41, 5.74) is 0.923. The van der Waals surface area contributed by atoms with Gasteiger partial charge in [0.05, 0.1) is 18.4 Å². The van der Waals surface area contributed by atoms with Crippen LogP contribution in [-0.4, -0.2) is 45.4 Å². The van der Waals surface area contributed by atoms with E-state index in [0.717, 1.165) is 5.56 Å². The molecule has 3 aromatic rings. The Hall–Kier alpha value is -3.43. The zero-order valence-electron chi connectivity index (χ0n) is 19.4. The molecule has 1 heterocycles. The largest absolute Gasteiger partial charge is 0.496 e. The number of hydrogen-bond acceptors (Lipinski definition) is 4. The molecule has 0 aromatic heterocycles. The van der Waals surface area contributed by atoms with Gasteiger partial charge in [-0.05, 0) is 42.7 Å². The van der Waals surface area contributed by atoms with E-state index in [2.05, 4.69) is 10.0 Å². The number of halogens is 1. The number of methoxy groups -OCH3 is 1. The first-order valence-electron chi connectivity index (χ1n) is 11.3. The third-order valence-corrected chi connectivity index (χ3v) is 7.98. The molecule has 2 N–H and O–H groups in total. The van der Waals surface area contributed by atoms with Crippen molar-refractivity contribution in [1.82, 2.24) is 9.62 Å². The Morgan fingerprint density at radius 3 is 2.29 bits per heavy atom. The molecule has 0 unspecified atom stereocenters. The number of nitrogens with one attached hydrogen (secondary N) is 2. The summed E-state index contributed by atoms with van der Waals surface area (Å²) in [6.07, 6.45) is 0.975. The molecule has 0 aliphatic carbocycles. The Kier molecular flexibility index (Phi) is 7.37. The molecule has 7 nitrogen and oxygen atoms in total. The lowest BCUT2D eigenvalue weighted by molar-refractivity contribution is 0.0930. The predicted octanol–water partition coefficient (Wildman–Crippen LogP) is 3.95. The molecular weight excluding hydrogens is 469 g/mol. The average Bonchev–Trinajstić information content (AvgIpc) is 2.89. The van der Waals surface area contributed by atoms with E-state index in [1.165, 1.54) is 29.6 Å². The van der Waals surface area contributed by atoms with Crippen molar-refractivity contribution in [2.24, 2.45) is 0 Å². The number of nitrogens with zero attached hydrogens (tertiary/aromatic N) is 1. The SMILES string of the molecule is COc1ccccc1C(=O)NCC1(c2ccccc2)CCN(S(=O)(=O)Nc2ccccc2F)CC1. The predicted molar refractivity (Wildman–Crippen MR) is 133 cm³/mol. The summed E-state index contributed by atoms with van der Waals surface area (Å²) in [6, 6.07) is 22.4. The van der Waals surface area contributed by atoms with Gasteiger partial charge in [-0.1, -0.05) is 54.6 Å². The molecule has 0 radical (unpaired) electrons. The highest BCUT2D eigenvalue weighted by atomic mass is 32.2. The maximum absolute atomic E-state index is 14.0. The van der Waals surface area contributed by atoms with Crippen molar-refractivity contribution in [1.29, 1.82) is 0 Å². The van der Waals surface area contributed by atoms with Crippen LogP contribution >= 0.6 is 0 Å². The summed E-state index contributed by atoms with van der Waals surface area (Å²) in [7, 11) is -2.42. The summed E-state index contributed by atoms with van der Waals surface area (Å²) >= 11 is 0. The molecule has 0 atom stereocenters. The molecular formula is C26H28FN3O4S. The fraction of sp³-hybridized carbons (Fsp3) is 0.269. The fourth-order valence-electron chi connectivity index (χ4n) is 4.44. The van der Waals surface area contributed by atoms with Gasteiger partial charge < -0.3 is 10.1 Å². The van der Waals surface area contributed by atoms with Crippen molar-refractivity contribution in [2.45, 2.75) is 18.3 Å². The van der Waals surface area contributed by atoms with Crippen molar-refractivity contribution in [3.63, 3.8) is 0 Å². The van der Waals surface area contributed by atoms with Gasteiger partial charge in [-0.25, -0.2) is 4.39 Å². The quantitative estimate of drug-likeness (QED) is 0.493. The minimum absolute atomic E-state index is 0.0866. The van der Waals surface area contributed by atoms with Crippen LogP contribution < -0.4 is 14.8 Å². The molecule has 1 fully saturated rings. The second-order valence-corrected chi connectivity index (χ2v) is 10.2. The van der Waals surface area contributed by atoms with Gasteiger partial charge in [0.15, 0.2) is 0 Å². The van der Waals surface area contributed by atoms with Crippen LogP contribution in [-0.2, 0) is 15.6 Å². The van der Waals surface area contributed by atoms with Crippen LogP contribution in [0.4, 0.5) is 10.1 Å². The highest BCUT2D eigenvalue weighted by molar-refractivity contribution is 7.90. The molecule has 9 heteroatoms. The Balaban J connectivity index is 1.51. The Labute approximate surface area is 205 Å². The molecule has 35 heavy (non-hydrogen) atoms. The minimum atomic E-state index is -3.94. The summed E-state index contributed by atoms with van der Waals surface area (Å²) in [4.78, 5) is 13.0. The van der Waals surface area contributed by atoms with E-state index in [0.29, 0.717) is 30.7 Å². The highest BCUT2D eigenvalue weighted by Gasteiger charge is 2.40. The summed E-state index contributed by atoms with van der Waals surface area (Å²) in [6.45, 7) is 0.787. The van der Waals surface area contributed by atoms with Gasteiger partial charge in [0, 0.05) is 25.0 Å². The number of benzene rings is 3. The van der Waals surface area contributed by atoms with E-state index in [9.17, 15) is 17.6 Å². The molecule has 0 bridgehead atoms. The van der Waals surface area contributed by atoms with Crippen LogP contribution in [0.1, 0.15) is 28.8 Å². The molecule has 3 aromatic carbocycles. The Morgan fingerprint density at radius 1 is 0.971 bits per heavy atom. The number of carbonyl (C=O) groups excluding carboxylic acids is 1. The molecule has 1 aliphatic heterocycles. The maximum Gasteiger partial charge on any atom is 0.301 e. The van der Waals surface area contributed by atoms with Crippen LogP contribution in [0.25, 0.3) is 0 Å². The highest BCUT2D eigenvalue weighted by Crippen LogP contribution is 2.36. The first-order chi connectivity index (χ1) is 16.8. The van der Waals surface area contributed by atoms with Gasteiger partial charge >= 0.3 is 10.2 Å². The third-order valence-electron chi connectivity index (χ3n) is 6.46. The number of para-hydroxylation sites is 2. The lowest BCUT2D eigenvalue weighted by atomic mass is 9.73. The van der Waals surface area contributed by atoms with Crippen LogP contribution in [0.2, 0.25) is 0 Å². The monoisotopic (exact) mass is 497 g/mol. The normalized spacial score (nSPS) is 15.8. The van der Waals surface area contributed by atoms with E-state index in [1.807, 2.05) is 30.3 Å². The average molecular weight is 498 g/mol. The van der Waals surface area contributed by atoms with Gasteiger partial charge in [0.25, 0.3) is 5.91 Å². The lowest BCUT2D eigenvalue weighted by Crippen LogP contribution is -2.51. The summed E-state index contributed by atoms with van der Waals surface area (Å²) in [5, 5.41) is 3.03. The summed E-state index contributed by atoms with van der Waals surface area (Å²) < 4.78 is 48.9. The van der Waals surface area contributed by atoms with Crippen molar-refractivity contribution < 1.29 is 22.3 Å². The van der Waals surface area contributed by atoms with Crippen LogP contribution in [0, 0.1) is 5.82 Å². The zero-order valence-corrected chi connectivity index (χ0v) is 20.2. The number of rotatable bonds is 8. The van der Waals surface area contributed by atoms with Gasteiger partial charge in [0.1, 0.15) is 11.6 Å². The van der Waals surface area contributed by atoms with Gasteiger partial charge in [-0.2, -0.15) is 12.7 Å². The fourth-order valence-corrected chi connectivity index (χ4v) is 5.67. The van der Waals surface area contributed by atoms with Crippen molar-refractivity contribution in [3.05, 3.63) is 95.8 Å². The molecule has 0 spiro atoms. The number of piperidine rings is 1. The van der Waals surface area contributed by atoms with E-state index in [-0.39, 0.29) is 24.7 Å². The second kappa shape index (κ2) is 10.5. The molecule has 0 saturated carbocycles. The molecule has 184 valence electrons. The Bertz CT molecular complexity index is 1280. The molecule has 4 rings (SSSR count). The van der Waals surface area contributed by atoms with Crippen molar-refractivity contribution in [3.8, 4) is 5.75 Å². The van der Waals surface area contributed by atoms with Crippen LogP contribution in [0.5, 0.6) is 5.75 Å². The van der Waals surface area contributed by atoms with Crippen molar-refractivity contribution >= 4 is 21.8 Å². The third kappa shape index (κ3) is 5.47. The van der Waals surface area contributed by atoms with Gasteiger partial charge in [-0.3, -0.25) is 9.52 Å². The van der Waals surface area contributed by atoms with Crippen LogP contribution in [0.3, 0.4) is 0 Å². The van der Waals surface area contributed by atoms with Crippen molar-refractivity contribution in [2.75, 3.05) is 31.5 Å². The van der Waals surface area contributed by atoms with E-state index in [1.54, 1.807) is 30.3 Å². The number of ether oxygens (including phenoxy) is 1. The number of amides is 1. The van der Waals surface area contributed by atoms with Crippen LogP contribution in [0.15, 0.2) is 78.9 Å². The molecule has 1 amide bonds. The van der Waals surface area contributed by atoms with E-state index < -0.39 is 21.4 Å². The van der Waals surface area contributed by atoms with E-state index >= 15 is 0 Å². The standard InChI is InChI=1S/C26H28FN3O4S/c1-34-24-14-8-5-11-21(24)25(31)28-19-26(20-9-3-2-4-10-20)15-17-30(18-16-26)35(32,33)29-23-13-7-6-12-22(23)27/h2-14,29H,15-19H2,1H3,(H,28,31). The number of anilines is 1. The second-order valence-electron chi connectivity index (χ2n) is 8.52. The number of hydrogen-bond donors (Lipinski definition) is 2.